The molecule has 2 aromatic carbocycles. The van der Waals surface area contributed by atoms with E-state index in [9.17, 15) is 22.4 Å². The molecule has 8 heteroatoms. The fourth-order valence-electron chi connectivity index (χ4n) is 4.73. The SMILES string of the molecule is CC(=O)c1cccc(S(=O)(=O)N2CCC(C(=O)N3CCCc4cc(F)cc(C)c43)CC2)c1. The van der Waals surface area contributed by atoms with Crippen molar-refractivity contribution in [3.05, 3.63) is 58.9 Å². The Morgan fingerprint density at radius 2 is 1.78 bits per heavy atom. The highest BCUT2D eigenvalue weighted by atomic mass is 32.2. The van der Waals surface area contributed by atoms with Gasteiger partial charge in [-0.2, -0.15) is 4.31 Å². The Hall–Kier alpha value is -2.58. The molecule has 2 heterocycles. The summed E-state index contributed by atoms with van der Waals surface area (Å²) in [6.07, 6.45) is 2.38. The fraction of sp³-hybridized carbons (Fsp3) is 0.417. The predicted molar refractivity (Wildman–Crippen MR) is 120 cm³/mol. The minimum atomic E-state index is -3.74. The molecule has 32 heavy (non-hydrogen) atoms. The molecule has 1 amide bonds. The number of aryl methyl sites for hydroxylation is 2. The van der Waals surface area contributed by atoms with Crippen molar-refractivity contribution in [2.45, 2.75) is 44.4 Å². The average molecular weight is 459 g/mol. The fourth-order valence-corrected chi connectivity index (χ4v) is 6.25. The Labute approximate surface area is 188 Å². The number of piperidine rings is 1. The lowest BCUT2D eigenvalue weighted by Crippen LogP contribution is -2.46. The van der Waals surface area contributed by atoms with Crippen molar-refractivity contribution >= 4 is 27.4 Å². The molecule has 0 N–H and O–H groups in total. The summed E-state index contributed by atoms with van der Waals surface area (Å²) in [5.41, 5.74) is 2.76. The Bertz CT molecular complexity index is 1170. The summed E-state index contributed by atoms with van der Waals surface area (Å²) in [4.78, 5) is 26.8. The first-order valence-corrected chi connectivity index (χ1v) is 12.3. The first-order valence-electron chi connectivity index (χ1n) is 10.9. The molecule has 4 rings (SSSR count). The summed E-state index contributed by atoms with van der Waals surface area (Å²) < 4.78 is 41.3. The van der Waals surface area contributed by atoms with Gasteiger partial charge in [0.1, 0.15) is 5.82 Å². The number of fused-ring (bicyclic) bond motifs is 1. The molecule has 0 aliphatic carbocycles. The number of Topliss-reactive ketones (excluding diaryl/α,β-unsaturated/α-hetero) is 1. The Morgan fingerprint density at radius 1 is 1.06 bits per heavy atom. The van der Waals surface area contributed by atoms with Gasteiger partial charge in [0.05, 0.1) is 4.90 Å². The number of anilines is 1. The van der Waals surface area contributed by atoms with E-state index in [4.69, 9.17) is 0 Å². The number of benzene rings is 2. The van der Waals surface area contributed by atoms with Crippen LogP contribution in [0, 0.1) is 18.7 Å². The number of carbonyl (C=O) groups is 2. The van der Waals surface area contributed by atoms with Crippen molar-refractivity contribution in [3.63, 3.8) is 0 Å². The van der Waals surface area contributed by atoms with Crippen molar-refractivity contribution in [2.75, 3.05) is 24.5 Å². The number of carbonyl (C=O) groups excluding carboxylic acids is 2. The van der Waals surface area contributed by atoms with Crippen LogP contribution in [0.1, 0.15) is 47.7 Å². The van der Waals surface area contributed by atoms with E-state index in [0.717, 1.165) is 29.7 Å². The second kappa shape index (κ2) is 8.75. The van der Waals surface area contributed by atoms with E-state index in [2.05, 4.69) is 0 Å². The van der Waals surface area contributed by atoms with Gasteiger partial charge in [0, 0.05) is 36.8 Å². The zero-order valence-electron chi connectivity index (χ0n) is 18.3. The number of nitrogens with zero attached hydrogens (tertiary/aromatic N) is 2. The molecule has 0 aromatic heterocycles. The first-order chi connectivity index (χ1) is 15.2. The van der Waals surface area contributed by atoms with Gasteiger partial charge in [0.15, 0.2) is 5.78 Å². The average Bonchev–Trinajstić information content (AvgIpc) is 2.78. The molecule has 170 valence electrons. The summed E-state index contributed by atoms with van der Waals surface area (Å²) in [6, 6.07) is 9.02. The van der Waals surface area contributed by atoms with E-state index in [0.29, 0.717) is 24.9 Å². The van der Waals surface area contributed by atoms with Crippen molar-refractivity contribution in [3.8, 4) is 0 Å². The Morgan fingerprint density at radius 3 is 2.47 bits per heavy atom. The monoisotopic (exact) mass is 458 g/mol. The van der Waals surface area contributed by atoms with Crippen LogP contribution in [0.5, 0.6) is 0 Å². The van der Waals surface area contributed by atoms with Gasteiger partial charge in [0.2, 0.25) is 15.9 Å². The van der Waals surface area contributed by atoms with Gasteiger partial charge in [-0.25, -0.2) is 12.8 Å². The molecular weight excluding hydrogens is 431 g/mol. The lowest BCUT2D eigenvalue weighted by atomic mass is 9.92. The number of hydrogen-bond donors (Lipinski definition) is 0. The minimum Gasteiger partial charge on any atom is -0.312 e. The number of halogens is 1. The van der Waals surface area contributed by atoms with Crippen LogP contribution in [-0.2, 0) is 21.2 Å². The normalized spacial score (nSPS) is 17.8. The van der Waals surface area contributed by atoms with E-state index in [-0.39, 0.29) is 41.4 Å². The van der Waals surface area contributed by atoms with Gasteiger partial charge in [-0.3, -0.25) is 9.59 Å². The van der Waals surface area contributed by atoms with Gasteiger partial charge < -0.3 is 4.90 Å². The zero-order chi connectivity index (χ0) is 23.0. The van der Waals surface area contributed by atoms with Gasteiger partial charge in [-0.1, -0.05) is 12.1 Å². The smallest absolute Gasteiger partial charge is 0.243 e. The van der Waals surface area contributed by atoms with Gasteiger partial charge >= 0.3 is 0 Å². The van der Waals surface area contributed by atoms with E-state index < -0.39 is 10.0 Å². The van der Waals surface area contributed by atoms with Crippen molar-refractivity contribution in [1.82, 2.24) is 4.31 Å². The molecule has 2 aliphatic heterocycles. The third-order valence-corrected chi connectivity index (χ3v) is 8.28. The van der Waals surface area contributed by atoms with Crippen molar-refractivity contribution in [1.29, 1.82) is 0 Å². The maximum absolute atomic E-state index is 13.8. The van der Waals surface area contributed by atoms with Crippen molar-refractivity contribution in [2.24, 2.45) is 5.92 Å². The highest BCUT2D eigenvalue weighted by Gasteiger charge is 2.36. The molecule has 0 spiro atoms. The number of amides is 1. The summed E-state index contributed by atoms with van der Waals surface area (Å²) in [7, 11) is -3.74. The number of rotatable bonds is 4. The van der Waals surface area contributed by atoms with Gasteiger partial charge in [-0.15, -0.1) is 0 Å². The van der Waals surface area contributed by atoms with Crippen LogP contribution in [0.2, 0.25) is 0 Å². The Kier molecular flexibility index (Phi) is 6.18. The van der Waals surface area contributed by atoms with Crippen LogP contribution in [-0.4, -0.2) is 44.0 Å². The van der Waals surface area contributed by atoms with Crippen LogP contribution >= 0.6 is 0 Å². The molecule has 6 nitrogen and oxygen atoms in total. The van der Waals surface area contributed by atoms with Crippen molar-refractivity contribution < 1.29 is 22.4 Å². The van der Waals surface area contributed by atoms with Crippen LogP contribution in [0.4, 0.5) is 10.1 Å². The molecule has 0 atom stereocenters. The maximum atomic E-state index is 13.8. The molecule has 1 fully saturated rings. The second-order valence-electron chi connectivity index (χ2n) is 8.59. The molecule has 0 saturated carbocycles. The van der Waals surface area contributed by atoms with E-state index >= 15 is 0 Å². The van der Waals surface area contributed by atoms with Crippen LogP contribution < -0.4 is 4.90 Å². The highest BCUT2D eigenvalue weighted by Crippen LogP contribution is 2.34. The predicted octanol–water partition coefficient (Wildman–Crippen LogP) is 3.72. The lowest BCUT2D eigenvalue weighted by molar-refractivity contribution is -0.123. The zero-order valence-corrected chi connectivity index (χ0v) is 19.1. The van der Waals surface area contributed by atoms with Gasteiger partial charge in [-0.05, 0) is 74.9 Å². The van der Waals surface area contributed by atoms with E-state index in [1.165, 1.54) is 35.5 Å². The molecule has 2 aromatic rings. The van der Waals surface area contributed by atoms with Crippen LogP contribution in [0.3, 0.4) is 0 Å². The third kappa shape index (κ3) is 4.21. The van der Waals surface area contributed by atoms with Crippen LogP contribution in [0.15, 0.2) is 41.3 Å². The summed E-state index contributed by atoms with van der Waals surface area (Å²) >= 11 is 0. The topological polar surface area (TPSA) is 74.8 Å². The molecule has 0 unspecified atom stereocenters. The summed E-state index contributed by atoms with van der Waals surface area (Å²) in [6.45, 7) is 4.29. The lowest BCUT2D eigenvalue weighted by Gasteiger charge is -2.36. The molecule has 0 radical (unpaired) electrons. The second-order valence-corrected chi connectivity index (χ2v) is 10.5. The third-order valence-electron chi connectivity index (χ3n) is 6.39. The van der Waals surface area contributed by atoms with E-state index in [1.807, 2.05) is 6.92 Å². The van der Waals surface area contributed by atoms with Gasteiger partial charge in [0.25, 0.3) is 0 Å². The molecule has 2 aliphatic rings. The summed E-state index contributed by atoms with van der Waals surface area (Å²) in [5, 5.41) is 0. The largest absolute Gasteiger partial charge is 0.312 e. The number of ketones is 1. The molecule has 1 saturated heterocycles. The van der Waals surface area contributed by atoms with Crippen LogP contribution in [0.25, 0.3) is 0 Å². The summed E-state index contributed by atoms with van der Waals surface area (Å²) in [5.74, 6) is -0.775. The highest BCUT2D eigenvalue weighted by molar-refractivity contribution is 7.89. The minimum absolute atomic E-state index is 0.0173. The number of hydrogen-bond acceptors (Lipinski definition) is 4. The standard InChI is InChI=1S/C24H27FN2O4S/c1-16-13-21(25)14-20-6-4-10-27(23(16)20)24(29)18-8-11-26(12-9-18)32(30,31)22-7-3-5-19(15-22)17(2)28/h3,5,7,13-15,18H,4,6,8-12H2,1-2H3. The Balaban J connectivity index is 1.48. The quantitative estimate of drug-likeness (QED) is 0.655. The molecule has 0 bridgehead atoms. The maximum Gasteiger partial charge on any atom is 0.243 e. The molecular formula is C24H27FN2O4S. The first kappa shape index (κ1) is 22.6. The van der Waals surface area contributed by atoms with E-state index in [1.54, 1.807) is 17.0 Å². The number of sulfonamides is 1.